The van der Waals surface area contributed by atoms with Crippen LogP contribution in [0.4, 0.5) is 0 Å². The van der Waals surface area contributed by atoms with Gasteiger partial charge in [0.05, 0.1) is 30.9 Å². The summed E-state index contributed by atoms with van der Waals surface area (Å²) >= 11 is 0. The summed E-state index contributed by atoms with van der Waals surface area (Å²) in [6.07, 6.45) is 1.46. The number of hydrogen-bond donors (Lipinski definition) is 1. The number of benzene rings is 2. The normalized spacial score (nSPS) is 19.9. The van der Waals surface area contributed by atoms with E-state index in [4.69, 9.17) is 9.47 Å². The van der Waals surface area contributed by atoms with Crippen molar-refractivity contribution < 1.29 is 27.5 Å². The van der Waals surface area contributed by atoms with E-state index >= 15 is 0 Å². The lowest BCUT2D eigenvalue weighted by Crippen LogP contribution is -2.44. The molecule has 2 aromatic rings. The van der Waals surface area contributed by atoms with Gasteiger partial charge in [-0.05, 0) is 43.0 Å². The molecule has 2 aromatic carbocycles. The number of amides is 2. The van der Waals surface area contributed by atoms with Gasteiger partial charge in [0, 0.05) is 30.6 Å². The van der Waals surface area contributed by atoms with E-state index in [0.29, 0.717) is 59.9 Å². The first-order valence-corrected chi connectivity index (χ1v) is 12.6. The molecule has 8 nitrogen and oxygen atoms in total. The molecule has 1 unspecified atom stereocenters. The highest BCUT2D eigenvalue weighted by Gasteiger charge is 2.33. The number of ether oxygens (including phenoxy) is 2. The quantitative estimate of drug-likeness (QED) is 0.718. The second kappa shape index (κ2) is 9.43. The summed E-state index contributed by atoms with van der Waals surface area (Å²) in [6.45, 7) is 0.929. The number of likely N-dealkylation sites (tertiary alicyclic amines) is 1. The molecule has 1 atom stereocenters. The zero-order valence-electron chi connectivity index (χ0n) is 18.7. The lowest BCUT2D eigenvalue weighted by Gasteiger charge is -2.33. The summed E-state index contributed by atoms with van der Waals surface area (Å²) in [5, 5.41) is 3.05. The van der Waals surface area contributed by atoms with E-state index in [2.05, 4.69) is 5.32 Å². The third kappa shape index (κ3) is 4.83. The van der Waals surface area contributed by atoms with Crippen LogP contribution >= 0.6 is 0 Å². The maximum absolute atomic E-state index is 13.0. The van der Waals surface area contributed by atoms with Crippen molar-refractivity contribution in [3.05, 3.63) is 53.6 Å². The van der Waals surface area contributed by atoms with Gasteiger partial charge < -0.3 is 19.7 Å². The number of piperidine rings is 1. The minimum absolute atomic E-state index is 0.0197. The molecule has 1 fully saturated rings. The van der Waals surface area contributed by atoms with Gasteiger partial charge in [-0.25, -0.2) is 8.42 Å². The Bertz CT molecular complexity index is 1130. The van der Waals surface area contributed by atoms with Gasteiger partial charge >= 0.3 is 0 Å². The number of nitrogens with one attached hydrogen (secondary N) is 1. The largest absolute Gasteiger partial charge is 0.497 e. The van der Waals surface area contributed by atoms with Crippen LogP contribution in [0.5, 0.6) is 11.5 Å². The van der Waals surface area contributed by atoms with E-state index in [1.54, 1.807) is 47.4 Å². The van der Waals surface area contributed by atoms with E-state index < -0.39 is 9.84 Å². The van der Waals surface area contributed by atoms with Crippen molar-refractivity contribution in [1.82, 2.24) is 10.2 Å². The Kier molecular flexibility index (Phi) is 6.60. The lowest BCUT2D eigenvalue weighted by atomic mass is 9.94. The molecule has 4 rings (SSSR count). The molecule has 2 heterocycles. The van der Waals surface area contributed by atoms with Gasteiger partial charge in [-0.15, -0.1) is 0 Å². The number of rotatable bonds is 5. The Labute approximate surface area is 193 Å². The number of methoxy groups -OCH3 is 2. The van der Waals surface area contributed by atoms with Crippen LogP contribution < -0.4 is 14.8 Å². The van der Waals surface area contributed by atoms with E-state index in [0.717, 1.165) is 0 Å². The second-order valence-electron chi connectivity index (χ2n) is 8.37. The minimum Gasteiger partial charge on any atom is -0.497 e. The number of carbonyl (C=O) groups excluding carboxylic acids is 2. The predicted octanol–water partition coefficient (Wildman–Crippen LogP) is 2.59. The lowest BCUT2D eigenvalue weighted by molar-refractivity contribution is -0.127. The maximum Gasteiger partial charge on any atom is 0.254 e. The summed E-state index contributed by atoms with van der Waals surface area (Å²) in [5.41, 5.74) is 1.13. The van der Waals surface area contributed by atoms with Crippen LogP contribution in [0, 0.1) is 5.92 Å². The summed E-state index contributed by atoms with van der Waals surface area (Å²) in [7, 11) is -0.232. The van der Waals surface area contributed by atoms with Crippen LogP contribution in [0.2, 0.25) is 0 Å². The van der Waals surface area contributed by atoms with Crippen molar-refractivity contribution in [3.8, 4) is 11.5 Å². The molecule has 176 valence electrons. The Morgan fingerprint density at radius 1 is 0.970 bits per heavy atom. The molecule has 0 radical (unpaired) electrons. The van der Waals surface area contributed by atoms with Crippen LogP contribution in [0.1, 0.15) is 41.2 Å². The van der Waals surface area contributed by atoms with E-state index in [9.17, 15) is 18.0 Å². The van der Waals surface area contributed by atoms with Crippen molar-refractivity contribution in [3.63, 3.8) is 0 Å². The standard InChI is InChI=1S/C24H28N2O6S/c1-31-18-13-17(14-19(15-18)32-2)24(28)26-10-7-16(8-11-26)23(27)25-21-9-12-33(29,30)22-6-4-3-5-20(21)22/h3-6,13-16,21H,7-12H2,1-2H3,(H,25,27). The van der Waals surface area contributed by atoms with Crippen molar-refractivity contribution in [2.24, 2.45) is 5.92 Å². The van der Waals surface area contributed by atoms with E-state index in [-0.39, 0.29) is 29.5 Å². The van der Waals surface area contributed by atoms with Crippen LogP contribution in [0.3, 0.4) is 0 Å². The number of fused-ring (bicyclic) bond motifs is 1. The number of hydrogen-bond acceptors (Lipinski definition) is 6. The SMILES string of the molecule is COc1cc(OC)cc(C(=O)N2CCC(C(=O)NC3CCS(=O)(=O)c4ccccc43)CC2)c1. The highest BCUT2D eigenvalue weighted by atomic mass is 32.2. The van der Waals surface area contributed by atoms with Gasteiger partial charge in [0.25, 0.3) is 5.91 Å². The molecular formula is C24H28N2O6S. The molecule has 0 aliphatic carbocycles. The van der Waals surface area contributed by atoms with Gasteiger partial charge in [-0.3, -0.25) is 9.59 Å². The van der Waals surface area contributed by atoms with Gasteiger partial charge in [-0.1, -0.05) is 18.2 Å². The Morgan fingerprint density at radius 3 is 2.24 bits per heavy atom. The van der Waals surface area contributed by atoms with Crippen molar-refractivity contribution in [1.29, 1.82) is 0 Å². The molecule has 1 N–H and O–H groups in total. The van der Waals surface area contributed by atoms with E-state index in [1.165, 1.54) is 14.2 Å². The topological polar surface area (TPSA) is 102 Å². The average molecular weight is 473 g/mol. The molecule has 2 aliphatic rings. The fourth-order valence-corrected chi connectivity index (χ4v) is 6.11. The maximum atomic E-state index is 13.0. The van der Waals surface area contributed by atoms with Gasteiger partial charge in [0.15, 0.2) is 9.84 Å². The summed E-state index contributed by atoms with van der Waals surface area (Å²) < 4.78 is 35.2. The fourth-order valence-electron chi connectivity index (χ4n) is 4.49. The second-order valence-corrected chi connectivity index (χ2v) is 10.5. The highest BCUT2D eigenvalue weighted by molar-refractivity contribution is 7.91. The van der Waals surface area contributed by atoms with Gasteiger partial charge in [-0.2, -0.15) is 0 Å². The monoisotopic (exact) mass is 472 g/mol. The molecule has 9 heteroatoms. The summed E-state index contributed by atoms with van der Waals surface area (Å²) in [6, 6.07) is 11.6. The smallest absolute Gasteiger partial charge is 0.254 e. The van der Waals surface area contributed by atoms with Gasteiger partial charge in [0.2, 0.25) is 5.91 Å². The van der Waals surface area contributed by atoms with Crippen LogP contribution in [-0.4, -0.2) is 58.2 Å². The molecule has 2 aliphatic heterocycles. The molecular weight excluding hydrogens is 444 g/mol. The van der Waals surface area contributed by atoms with Crippen LogP contribution in [0.25, 0.3) is 0 Å². The number of nitrogens with zero attached hydrogens (tertiary/aromatic N) is 1. The summed E-state index contributed by atoms with van der Waals surface area (Å²) in [5.74, 6) is 0.663. The third-order valence-corrected chi connectivity index (χ3v) is 8.19. The molecule has 0 aromatic heterocycles. The minimum atomic E-state index is -3.30. The Morgan fingerprint density at radius 2 is 1.61 bits per heavy atom. The molecule has 2 amide bonds. The van der Waals surface area contributed by atoms with Crippen molar-refractivity contribution in [2.45, 2.75) is 30.2 Å². The zero-order valence-corrected chi connectivity index (χ0v) is 19.6. The molecule has 0 bridgehead atoms. The van der Waals surface area contributed by atoms with E-state index in [1.807, 2.05) is 0 Å². The van der Waals surface area contributed by atoms with Crippen molar-refractivity contribution in [2.75, 3.05) is 33.1 Å². The zero-order chi connectivity index (χ0) is 23.6. The first-order valence-electron chi connectivity index (χ1n) is 11.0. The number of sulfone groups is 1. The van der Waals surface area contributed by atoms with Crippen LogP contribution in [-0.2, 0) is 14.6 Å². The third-order valence-electron chi connectivity index (χ3n) is 6.37. The molecule has 1 saturated heterocycles. The number of carbonyl (C=O) groups is 2. The molecule has 0 spiro atoms. The van der Waals surface area contributed by atoms with Crippen molar-refractivity contribution >= 4 is 21.7 Å². The highest BCUT2D eigenvalue weighted by Crippen LogP contribution is 2.33. The van der Waals surface area contributed by atoms with Gasteiger partial charge in [0.1, 0.15) is 11.5 Å². The first kappa shape index (κ1) is 23.1. The Balaban J connectivity index is 1.39. The first-order chi connectivity index (χ1) is 15.8. The predicted molar refractivity (Wildman–Crippen MR) is 122 cm³/mol. The molecule has 0 saturated carbocycles. The summed E-state index contributed by atoms with van der Waals surface area (Å²) in [4.78, 5) is 28.0. The Hall–Kier alpha value is -3.07. The molecule has 33 heavy (non-hydrogen) atoms. The fraction of sp³-hybridized carbons (Fsp3) is 0.417. The average Bonchev–Trinajstić information content (AvgIpc) is 2.85. The van der Waals surface area contributed by atoms with Crippen LogP contribution in [0.15, 0.2) is 47.4 Å².